The van der Waals surface area contributed by atoms with Gasteiger partial charge < -0.3 is 9.45 Å². The zero-order valence-corrected chi connectivity index (χ0v) is 11.0. The Morgan fingerprint density at radius 2 is 2.06 bits per heavy atom. The van der Waals surface area contributed by atoms with Gasteiger partial charge in [-0.15, -0.1) is 0 Å². The molecule has 0 aliphatic heterocycles. The molecule has 0 spiro atoms. The molecule has 0 radical (unpaired) electrons. The van der Waals surface area contributed by atoms with Crippen molar-refractivity contribution >= 4 is 17.0 Å². The minimum atomic E-state index is -2.02. The van der Waals surface area contributed by atoms with Crippen LogP contribution in [0.15, 0.2) is 18.2 Å². The van der Waals surface area contributed by atoms with Crippen LogP contribution in [0.25, 0.3) is 0 Å². The second-order valence-corrected chi connectivity index (χ2v) is 5.11. The maximum absolute atomic E-state index is 11.7. The van der Waals surface area contributed by atoms with Gasteiger partial charge in [-0.2, -0.15) is 0 Å². The van der Waals surface area contributed by atoms with Crippen LogP contribution in [0.5, 0.6) is 0 Å². The Bertz CT molecular complexity index is 443. The summed E-state index contributed by atoms with van der Waals surface area (Å²) in [6, 6.07) is 5.35. The van der Waals surface area contributed by atoms with Gasteiger partial charge in [0.2, 0.25) is 0 Å². The fourth-order valence-electron chi connectivity index (χ4n) is 1.56. The number of carbonyl (C=O) groups excluding carboxylic acids is 1. The van der Waals surface area contributed by atoms with E-state index in [-0.39, 0.29) is 11.7 Å². The average Bonchev–Trinajstić information content (AvgIpc) is 2.26. The molecule has 5 heteroatoms. The van der Waals surface area contributed by atoms with Crippen LogP contribution >= 0.6 is 0 Å². The number of benzene rings is 1. The highest BCUT2D eigenvalue weighted by Gasteiger charge is 2.09. The second kappa shape index (κ2) is 5.93. The molecule has 0 aliphatic carbocycles. The van der Waals surface area contributed by atoms with Gasteiger partial charge in [0.1, 0.15) is 0 Å². The Labute approximate surface area is 104 Å². The SMILES string of the molecule is Cc1cc(C(=O)N(C)C)ccc1CCS(=O)[O-]. The summed E-state index contributed by atoms with van der Waals surface area (Å²) in [6.07, 6.45) is 0.485. The van der Waals surface area contributed by atoms with Crippen LogP contribution in [0.4, 0.5) is 0 Å². The topological polar surface area (TPSA) is 60.4 Å². The van der Waals surface area contributed by atoms with E-state index < -0.39 is 11.1 Å². The summed E-state index contributed by atoms with van der Waals surface area (Å²) < 4.78 is 21.0. The number of hydrogen-bond donors (Lipinski definition) is 0. The van der Waals surface area contributed by atoms with Gasteiger partial charge >= 0.3 is 0 Å². The quantitative estimate of drug-likeness (QED) is 0.756. The highest BCUT2D eigenvalue weighted by molar-refractivity contribution is 7.79. The van der Waals surface area contributed by atoms with Gasteiger partial charge in [0.25, 0.3) is 5.91 Å². The van der Waals surface area contributed by atoms with Crippen LogP contribution in [-0.4, -0.2) is 39.4 Å². The molecule has 1 amide bonds. The summed E-state index contributed by atoms with van der Waals surface area (Å²) >= 11 is -2.02. The van der Waals surface area contributed by atoms with Crippen molar-refractivity contribution in [3.05, 3.63) is 34.9 Å². The Balaban J connectivity index is 2.86. The van der Waals surface area contributed by atoms with Crippen molar-refractivity contribution in [2.45, 2.75) is 13.3 Å². The lowest BCUT2D eigenvalue weighted by Gasteiger charge is -2.13. The Morgan fingerprint density at radius 1 is 1.41 bits per heavy atom. The number of carbonyl (C=O) groups is 1. The van der Waals surface area contributed by atoms with E-state index in [9.17, 15) is 13.6 Å². The van der Waals surface area contributed by atoms with Crippen molar-refractivity contribution in [2.24, 2.45) is 0 Å². The van der Waals surface area contributed by atoms with E-state index in [1.54, 1.807) is 26.2 Å². The molecular formula is C12H16NO3S-. The Morgan fingerprint density at radius 3 is 2.53 bits per heavy atom. The first-order valence-electron chi connectivity index (χ1n) is 5.29. The van der Waals surface area contributed by atoms with E-state index in [4.69, 9.17) is 0 Å². The van der Waals surface area contributed by atoms with E-state index in [0.717, 1.165) is 11.1 Å². The summed E-state index contributed by atoms with van der Waals surface area (Å²) in [7, 11) is 3.40. The summed E-state index contributed by atoms with van der Waals surface area (Å²) in [4.78, 5) is 13.2. The molecule has 0 N–H and O–H groups in total. The first-order chi connectivity index (χ1) is 7.91. The third-order valence-corrected chi connectivity index (χ3v) is 3.07. The molecule has 94 valence electrons. The monoisotopic (exact) mass is 254 g/mol. The lowest BCUT2D eigenvalue weighted by atomic mass is 10.0. The normalized spacial score (nSPS) is 12.2. The van der Waals surface area contributed by atoms with Gasteiger partial charge in [-0.05, 0) is 36.6 Å². The van der Waals surface area contributed by atoms with Gasteiger partial charge in [0, 0.05) is 25.4 Å². The van der Waals surface area contributed by atoms with Gasteiger partial charge in [0.15, 0.2) is 0 Å². The van der Waals surface area contributed by atoms with E-state index in [2.05, 4.69) is 0 Å². The number of nitrogens with zero attached hydrogens (tertiary/aromatic N) is 1. The molecule has 0 heterocycles. The predicted molar refractivity (Wildman–Crippen MR) is 66.7 cm³/mol. The zero-order chi connectivity index (χ0) is 13.0. The lowest BCUT2D eigenvalue weighted by molar-refractivity contribution is 0.0827. The molecule has 1 atom stereocenters. The molecule has 0 aromatic heterocycles. The van der Waals surface area contributed by atoms with Crippen LogP contribution in [0.3, 0.4) is 0 Å². The van der Waals surface area contributed by atoms with E-state index in [1.807, 2.05) is 13.0 Å². The minimum Gasteiger partial charge on any atom is -0.772 e. The first-order valence-corrected chi connectivity index (χ1v) is 6.53. The molecule has 1 aromatic carbocycles. The van der Waals surface area contributed by atoms with Crippen LogP contribution < -0.4 is 0 Å². The highest BCUT2D eigenvalue weighted by Crippen LogP contribution is 2.13. The van der Waals surface area contributed by atoms with Gasteiger partial charge in [-0.1, -0.05) is 17.1 Å². The molecule has 1 unspecified atom stereocenters. The van der Waals surface area contributed by atoms with Crippen LogP contribution in [0.1, 0.15) is 21.5 Å². The van der Waals surface area contributed by atoms with Gasteiger partial charge in [-0.3, -0.25) is 9.00 Å². The molecule has 0 aliphatic rings. The van der Waals surface area contributed by atoms with E-state index in [1.165, 1.54) is 4.90 Å². The molecule has 4 nitrogen and oxygen atoms in total. The Hall–Kier alpha value is -1.20. The second-order valence-electron chi connectivity index (χ2n) is 4.10. The minimum absolute atomic E-state index is 0.0490. The average molecular weight is 254 g/mol. The maximum Gasteiger partial charge on any atom is 0.253 e. The number of rotatable bonds is 4. The van der Waals surface area contributed by atoms with E-state index >= 15 is 0 Å². The highest BCUT2D eigenvalue weighted by atomic mass is 32.2. The molecular weight excluding hydrogens is 238 g/mol. The fraction of sp³-hybridized carbons (Fsp3) is 0.417. The summed E-state index contributed by atoms with van der Waals surface area (Å²) in [5.41, 5.74) is 2.53. The fourth-order valence-corrected chi connectivity index (χ4v) is 1.95. The summed E-state index contributed by atoms with van der Waals surface area (Å²) in [6.45, 7) is 1.88. The predicted octanol–water partition coefficient (Wildman–Crippen LogP) is 1.12. The summed E-state index contributed by atoms with van der Waals surface area (Å²) in [5, 5.41) is 0. The van der Waals surface area contributed by atoms with Crippen LogP contribution in [0, 0.1) is 6.92 Å². The Kier molecular flexibility index (Phi) is 4.84. The van der Waals surface area contributed by atoms with Gasteiger partial charge in [-0.25, -0.2) is 0 Å². The van der Waals surface area contributed by atoms with Gasteiger partial charge in [0.05, 0.1) is 0 Å². The number of aryl methyl sites for hydroxylation is 2. The third-order valence-electron chi connectivity index (χ3n) is 2.53. The molecule has 17 heavy (non-hydrogen) atoms. The summed E-state index contributed by atoms with van der Waals surface area (Å²) in [5.74, 6) is 0.0639. The van der Waals surface area contributed by atoms with Crippen molar-refractivity contribution in [3.63, 3.8) is 0 Å². The number of hydrogen-bond acceptors (Lipinski definition) is 3. The molecule has 0 bridgehead atoms. The van der Waals surface area contributed by atoms with E-state index in [0.29, 0.717) is 12.0 Å². The van der Waals surface area contributed by atoms with Crippen LogP contribution in [-0.2, 0) is 17.5 Å². The molecule has 0 fully saturated rings. The molecule has 1 aromatic rings. The number of amides is 1. The molecule has 1 rings (SSSR count). The van der Waals surface area contributed by atoms with Crippen molar-refractivity contribution in [1.29, 1.82) is 0 Å². The van der Waals surface area contributed by atoms with Crippen molar-refractivity contribution in [3.8, 4) is 0 Å². The lowest BCUT2D eigenvalue weighted by Crippen LogP contribution is -2.21. The van der Waals surface area contributed by atoms with Crippen LogP contribution in [0.2, 0.25) is 0 Å². The molecule has 0 saturated carbocycles. The standard InChI is InChI=1S/C12H17NO3S/c1-9-8-11(12(14)13(2)3)5-4-10(9)6-7-17(15)16/h4-5,8H,6-7H2,1-3H3,(H,15,16)/p-1. The molecule has 0 saturated heterocycles. The maximum atomic E-state index is 11.7. The first kappa shape index (κ1) is 13.9. The largest absolute Gasteiger partial charge is 0.772 e. The van der Waals surface area contributed by atoms with Crippen molar-refractivity contribution < 1.29 is 13.6 Å². The van der Waals surface area contributed by atoms with Crippen molar-refractivity contribution in [1.82, 2.24) is 4.90 Å². The third kappa shape index (κ3) is 3.94. The van der Waals surface area contributed by atoms with Crippen molar-refractivity contribution in [2.75, 3.05) is 19.8 Å². The zero-order valence-electron chi connectivity index (χ0n) is 10.2. The smallest absolute Gasteiger partial charge is 0.253 e.